The Morgan fingerprint density at radius 2 is 1.88 bits per heavy atom. The fourth-order valence-electron chi connectivity index (χ4n) is 3.87. The van der Waals surface area contributed by atoms with Crippen LogP contribution in [0.3, 0.4) is 0 Å². The molecule has 1 saturated heterocycles. The fourth-order valence-corrected chi connectivity index (χ4v) is 4.88. The zero-order valence-electron chi connectivity index (χ0n) is 22.2. The number of nitrogens with one attached hydrogen (secondary N) is 1. The topological polar surface area (TPSA) is 149 Å². The molecule has 1 aromatic heterocycles. The van der Waals surface area contributed by atoms with Crippen molar-refractivity contribution in [2.45, 2.75) is 27.2 Å². The van der Waals surface area contributed by atoms with Crippen molar-refractivity contribution in [2.24, 2.45) is 0 Å². The highest BCUT2D eigenvalue weighted by Gasteiger charge is 2.36. The predicted octanol–water partition coefficient (Wildman–Crippen LogP) is 6.37. The number of carbonyl (C=O) groups is 4. The van der Waals surface area contributed by atoms with Crippen LogP contribution in [0.4, 0.5) is 16.2 Å². The largest absolute Gasteiger partial charge is 0.462 e. The summed E-state index contributed by atoms with van der Waals surface area (Å²) in [5, 5.41) is 13.6. The van der Waals surface area contributed by atoms with Gasteiger partial charge in [0, 0.05) is 17.8 Å². The number of hydrogen-bond donors (Lipinski definition) is 1. The van der Waals surface area contributed by atoms with Gasteiger partial charge in [-0.1, -0.05) is 18.5 Å². The molecule has 0 aliphatic carbocycles. The zero-order valence-corrected chi connectivity index (χ0v) is 23.8. The maximum atomic E-state index is 12.9. The van der Waals surface area contributed by atoms with Gasteiger partial charge in [-0.2, -0.15) is 0 Å². The summed E-state index contributed by atoms with van der Waals surface area (Å²) < 4.78 is 10.8. The highest BCUT2D eigenvalue weighted by molar-refractivity contribution is 8.18. The summed E-state index contributed by atoms with van der Waals surface area (Å²) >= 11 is 6.71. The molecular formula is C28H24ClN3O8S. The van der Waals surface area contributed by atoms with Crippen LogP contribution in [-0.2, 0) is 14.3 Å². The van der Waals surface area contributed by atoms with Gasteiger partial charge in [0.2, 0.25) is 5.91 Å². The van der Waals surface area contributed by atoms with Crippen LogP contribution in [0.5, 0.6) is 0 Å². The molecule has 0 bridgehead atoms. The lowest BCUT2D eigenvalue weighted by atomic mass is 10.0. The molecule has 11 nitrogen and oxygen atoms in total. The number of anilines is 1. The molecule has 0 unspecified atom stereocenters. The van der Waals surface area contributed by atoms with Gasteiger partial charge in [-0.15, -0.1) is 0 Å². The van der Waals surface area contributed by atoms with Gasteiger partial charge >= 0.3 is 5.97 Å². The third kappa shape index (κ3) is 6.67. The molecule has 1 fully saturated rings. The molecule has 2 aromatic carbocycles. The number of carbonyl (C=O) groups excluding carboxylic acids is 4. The Labute approximate surface area is 243 Å². The minimum absolute atomic E-state index is 0.0192. The average molecular weight is 598 g/mol. The van der Waals surface area contributed by atoms with Gasteiger partial charge in [0.05, 0.1) is 32.6 Å². The van der Waals surface area contributed by atoms with Crippen molar-refractivity contribution in [3.63, 3.8) is 0 Å². The second-order valence-electron chi connectivity index (χ2n) is 9.06. The summed E-state index contributed by atoms with van der Waals surface area (Å²) in [6.45, 7) is 5.08. The summed E-state index contributed by atoms with van der Waals surface area (Å²) in [6.07, 6.45) is 1.97. The molecule has 41 heavy (non-hydrogen) atoms. The lowest BCUT2D eigenvalue weighted by Crippen LogP contribution is -2.36. The maximum absolute atomic E-state index is 12.9. The average Bonchev–Trinajstić information content (AvgIpc) is 3.49. The Morgan fingerprint density at radius 3 is 2.59 bits per heavy atom. The number of imide groups is 1. The minimum Gasteiger partial charge on any atom is -0.462 e. The summed E-state index contributed by atoms with van der Waals surface area (Å²) in [6, 6.07) is 10.4. The van der Waals surface area contributed by atoms with E-state index >= 15 is 0 Å². The monoisotopic (exact) mass is 597 g/mol. The molecule has 212 valence electrons. The van der Waals surface area contributed by atoms with Crippen LogP contribution in [0.15, 0.2) is 51.8 Å². The van der Waals surface area contributed by atoms with E-state index in [-0.39, 0.29) is 50.6 Å². The Morgan fingerprint density at radius 1 is 1.15 bits per heavy atom. The number of benzene rings is 2. The van der Waals surface area contributed by atoms with Crippen LogP contribution in [0, 0.1) is 24.0 Å². The highest BCUT2D eigenvalue weighted by atomic mass is 35.5. The Bertz CT molecular complexity index is 1610. The van der Waals surface area contributed by atoms with Crippen molar-refractivity contribution < 1.29 is 33.3 Å². The third-order valence-corrected chi connectivity index (χ3v) is 7.29. The molecule has 2 heterocycles. The van der Waals surface area contributed by atoms with E-state index in [1.165, 1.54) is 36.4 Å². The number of nitro benzene ring substituents is 1. The maximum Gasteiger partial charge on any atom is 0.339 e. The van der Waals surface area contributed by atoms with E-state index in [9.17, 15) is 29.3 Å². The molecule has 0 spiro atoms. The van der Waals surface area contributed by atoms with Gasteiger partial charge in [0.25, 0.3) is 16.8 Å². The Hall–Kier alpha value is -4.42. The van der Waals surface area contributed by atoms with E-state index in [0.29, 0.717) is 18.2 Å². The molecule has 1 aliphatic heterocycles. The minimum atomic E-state index is -0.704. The summed E-state index contributed by atoms with van der Waals surface area (Å²) in [4.78, 5) is 62.2. The quantitative estimate of drug-likeness (QED) is 0.128. The first-order valence-corrected chi connectivity index (χ1v) is 13.6. The van der Waals surface area contributed by atoms with Crippen LogP contribution in [0.2, 0.25) is 5.02 Å². The lowest BCUT2D eigenvalue weighted by Gasteiger charge is -2.13. The number of aryl methyl sites for hydroxylation is 2. The number of furan rings is 1. The predicted molar refractivity (Wildman–Crippen MR) is 154 cm³/mol. The molecular weight excluding hydrogens is 574 g/mol. The van der Waals surface area contributed by atoms with E-state index in [2.05, 4.69) is 5.32 Å². The number of nitrogens with zero attached hydrogens (tertiary/aromatic N) is 2. The summed E-state index contributed by atoms with van der Waals surface area (Å²) in [5.74, 6) is -1.59. The standard InChI is InChI=1S/C28H24ClN3O8S/c1-4-9-39-27(35)19-12-17(5-7-21(19)29)30-25(33)14-31-26(34)24(41-28(31)36)13-18-6-8-23(40-18)20-10-15(2)16(3)11-22(20)32(37)38/h5-8,10-13H,4,9,14H2,1-3H3,(H,30,33)/b24-13-. The second kappa shape index (κ2) is 12.4. The molecule has 0 atom stereocenters. The van der Waals surface area contributed by atoms with Crippen molar-refractivity contribution in [1.82, 2.24) is 4.90 Å². The van der Waals surface area contributed by atoms with Crippen molar-refractivity contribution in [2.75, 3.05) is 18.5 Å². The van der Waals surface area contributed by atoms with Crippen LogP contribution in [-0.4, -0.2) is 46.0 Å². The van der Waals surface area contributed by atoms with Crippen LogP contribution >= 0.6 is 23.4 Å². The molecule has 0 radical (unpaired) electrons. The van der Waals surface area contributed by atoms with Gasteiger partial charge in [-0.3, -0.25) is 29.4 Å². The molecule has 4 rings (SSSR count). The Balaban J connectivity index is 1.47. The summed E-state index contributed by atoms with van der Waals surface area (Å²) in [5.41, 5.74) is 2.06. The number of rotatable bonds is 9. The first-order valence-electron chi connectivity index (χ1n) is 12.4. The van der Waals surface area contributed by atoms with Gasteiger partial charge in [-0.25, -0.2) is 4.79 Å². The smallest absolute Gasteiger partial charge is 0.339 e. The summed E-state index contributed by atoms with van der Waals surface area (Å²) in [7, 11) is 0. The fraction of sp³-hybridized carbons (Fsp3) is 0.214. The third-order valence-electron chi connectivity index (χ3n) is 6.06. The van der Waals surface area contributed by atoms with E-state index < -0.39 is 34.5 Å². The number of ether oxygens (including phenoxy) is 1. The second-order valence-corrected chi connectivity index (χ2v) is 10.5. The number of halogens is 1. The zero-order chi connectivity index (χ0) is 29.8. The first-order chi connectivity index (χ1) is 19.5. The molecule has 1 aliphatic rings. The first kappa shape index (κ1) is 29.6. The van der Waals surface area contributed by atoms with Crippen molar-refractivity contribution >= 4 is 63.8 Å². The van der Waals surface area contributed by atoms with E-state index in [0.717, 1.165) is 16.0 Å². The molecule has 0 saturated carbocycles. The SMILES string of the molecule is CCCOC(=O)c1cc(NC(=O)CN2C(=O)S/C(=C\c3ccc(-c4cc(C)c(C)cc4[N+](=O)[O-])o3)C2=O)ccc1Cl. The van der Waals surface area contributed by atoms with E-state index in [1.54, 1.807) is 19.1 Å². The van der Waals surface area contributed by atoms with Crippen LogP contribution in [0.1, 0.15) is 40.6 Å². The highest BCUT2D eigenvalue weighted by Crippen LogP contribution is 2.36. The molecule has 1 N–H and O–H groups in total. The number of hydrogen-bond acceptors (Lipinski definition) is 9. The molecule has 3 amide bonds. The lowest BCUT2D eigenvalue weighted by molar-refractivity contribution is -0.384. The van der Waals surface area contributed by atoms with Gasteiger partial charge < -0.3 is 14.5 Å². The van der Waals surface area contributed by atoms with E-state index in [4.69, 9.17) is 20.8 Å². The van der Waals surface area contributed by atoms with Gasteiger partial charge in [-0.05, 0) is 79.6 Å². The van der Waals surface area contributed by atoms with E-state index in [1.807, 2.05) is 13.8 Å². The van der Waals surface area contributed by atoms with Crippen LogP contribution < -0.4 is 5.32 Å². The number of esters is 1. The molecule has 3 aromatic rings. The Kier molecular flexibility index (Phi) is 8.94. The number of thioether (sulfide) groups is 1. The van der Waals surface area contributed by atoms with Gasteiger partial charge in [0.15, 0.2) is 0 Å². The van der Waals surface area contributed by atoms with Crippen molar-refractivity contribution in [1.29, 1.82) is 0 Å². The van der Waals surface area contributed by atoms with Crippen LogP contribution in [0.25, 0.3) is 17.4 Å². The van der Waals surface area contributed by atoms with Crippen molar-refractivity contribution in [3.8, 4) is 11.3 Å². The number of amides is 3. The van der Waals surface area contributed by atoms with Crippen molar-refractivity contribution in [3.05, 3.63) is 85.0 Å². The molecule has 13 heteroatoms. The van der Waals surface area contributed by atoms with Gasteiger partial charge in [0.1, 0.15) is 18.1 Å². The number of nitro groups is 1. The normalized spacial score (nSPS) is 14.0.